The van der Waals surface area contributed by atoms with Gasteiger partial charge < -0.3 is 10.2 Å². The Hall–Kier alpha value is -1.53. The molecule has 0 atom stereocenters. The van der Waals surface area contributed by atoms with Crippen LogP contribution in [0.15, 0.2) is 29.2 Å². The van der Waals surface area contributed by atoms with Crippen molar-refractivity contribution >= 4 is 23.6 Å². The molecule has 1 aromatic rings. The Kier molecular flexibility index (Phi) is 7.59. The molecule has 0 unspecified atom stereocenters. The molecule has 1 fully saturated rings. The van der Waals surface area contributed by atoms with E-state index in [0.717, 1.165) is 31.0 Å². The van der Waals surface area contributed by atoms with Gasteiger partial charge in [-0.15, -0.1) is 11.8 Å². The van der Waals surface area contributed by atoms with Crippen molar-refractivity contribution in [3.63, 3.8) is 0 Å². The Morgan fingerprint density at radius 1 is 1.12 bits per heavy atom. The van der Waals surface area contributed by atoms with Crippen LogP contribution in [0.3, 0.4) is 0 Å². The maximum atomic E-state index is 12.3. The fourth-order valence-electron chi connectivity index (χ4n) is 2.55. The Labute approximate surface area is 148 Å². The van der Waals surface area contributed by atoms with Crippen LogP contribution in [-0.4, -0.2) is 66.6 Å². The number of carbonyl (C=O) groups excluding carboxylic acids is 2. The van der Waals surface area contributed by atoms with Gasteiger partial charge in [0.15, 0.2) is 0 Å². The molecule has 24 heavy (non-hydrogen) atoms. The first-order chi connectivity index (χ1) is 11.6. The normalized spacial score (nSPS) is 15.3. The zero-order valence-corrected chi connectivity index (χ0v) is 15.4. The average molecular weight is 350 g/mol. The minimum Gasteiger partial charge on any atom is -0.355 e. The first-order valence-corrected chi connectivity index (χ1v) is 9.53. The highest BCUT2D eigenvalue weighted by atomic mass is 32.2. The zero-order valence-electron chi connectivity index (χ0n) is 14.6. The molecule has 0 aliphatic carbocycles. The molecule has 5 nitrogen and oxygen atoms in total. The molecule has 2 amide bonds. The van der Waals surface area contributed by atoms with Gasteiger partial charge in [0.2, 0.25) is 11.8 Å². The molecule has 1 aromatic carbocycles. The number of rotatable bonds is 7. The lowest BCUT2D eigenvalue weighted by molar-refractivity contribution is -0.130. The second-order valence-electron chi connectivity index (χ2n) is 6.11. The molecule has 1 aliphatic heterocycles. The number of aryl methyl sites for hydroxylation is 1. The van der Waals surface area contributed by atoms with Gasteiger partial charge in [-0.3, -0.25) is 14.5 Å². The van der Waals surface area contributed by atoms with E-state index in [1.165, 1.54) is 5.56 Å². The lowest BCUT2D eigenvalue weighted by Crippen LogP contribution is -2.51. The fourth-order valence-corrected chi connectivity index (χ4v) is 3.35. The van der Waals surface area contributed by atoms with Gasteiger partial charge in [0, 0.05) is 37.6 Å². The van der Waals surface area contributed by atoms with E-state index in [9.17, 15) is 9.59 Å². The third-order valence-corrected chi connectivity index (χ3v) is 5.04. The van der Waals surface area contributed by atoms with Gasteiger partial charge in [-0.25, -0.2) is 0 Å². The number of benzene rings is 1. The predicted octanol–water partition coefficient (Wildman–Crippen LogP) is 1.76. The second kappa shape index (κ2) is 9.69. The quantitative estimate of drug-likeness (QED) is 0.762. The summed E-state index contributed by atoms with van der Waals surface area (Å²) in [5.41, 5.74) is 1.23. The summed E-state index contributed by atoms with van der Waals surface area (Å²) in [6, 6.07) is 8.24. The molecule has 132 valence electrons. The van der Waals surface area contributed by atoms with Crippen molar-refractivity contribution in [3.8, 4) is 0 Å². The van der Waals surface area contributed by atoms with Crippen LogP contribution in [0, 0.1) is 6.92 Å². The first kappa shape index (κ1) is 18.8. The molecule has 0 bridgehead atoms. The summed E-state index contributed by atoms with van der Waals surface area (Å²) in [5, 5.41) is 2.89. The van der Waals surface area contributed by atoms with Gasteiger partial charge >= 0.3 is 0 Å². The number of nitrogens with zero attached hydrogens (tertiary/aromatic N) is 2. The minimum atomic E-state index is 0.0755. The highest BCUT2D eigenvalue weighted by molar-refractivity contribution is 8.00. The SMILES string of the molecule is CCCNC(=O)CN1CCN(C(=O)CSc2ccc(C)cc2)CC1. The molecule has 1 N–H and O–H groups in total. The topological polar surface area (TPSA) is 52.7 Å². The maximum absolute atomic E-state index is 12.3. The van der Waals surface area contributed by atoms with Crippen LogP contribution < -0.4 is 5.32 Å². The zero-order chi connectivity index (χ0) is 17.4. The summed E-state index contributed by atoms with van der Waals surface area (Å²) in [5.74, 6) is 0.724. The van der Waals surface area contributed by atoms with Crippen molar-refractivity contribution in [2.75, 3.05) is 45.0 Å². The average Bonchev–Trinajstić information content (AvgIpc) is 2.60. The van der Waals surface area contributed by atoms with Crippen LogP contribution in [0.2, 0.25) is 0 Å². The molecular weight excluding hydrogens is 322 g/mol. The summed E-state index contributed by atoms with van der Waals surface area (Å²) < 4.78 is 0. The van der Waals surface area contributed by atoms with Crippen LogP contribution in [-0.2, 0) is 9.59 Å². The third-order valence-electron chi connectivity index (χ3n) is 4.05. The van der Waals surface area contributed by atoms with Gasteiger partial charge in [0.25, 0.3) is 0 Å². The van der Waals surface area contributed by atoms with Crippen LogP contribution in [0.1, 0.15) is 18.9 Å². The summed E-state index contributed by atoms with van der Waals surface area (Å²) in [6.45, 7) is 8.19. The lowest BCUT2D eigenvalue weighted by Gasteiger charge is -2.34. The Balaban J connectivity index is 1.68. The van der Waals surface area contributed by atoms with E-state index in [2.05, 4.69) is 41.4 Å². The minimum absolute atomic E-state index is 0.0755. The van der Waals surface area contributed by atoms with E-state index in [-0.39, 0.29) is 11.8 Å². The first-order valence-electron chi connectivity index (χ1n) is 8.54. The molecule has 1 aliphatic rings. The van der Waals surface area contributed by atoms with E-state index >= 15 is 0 Å². The summed E-state index contributed by atoms with van der Waals surface area (Å²) in [7, 11) is 0. The summed E-state index contributed by atoms with van der Waals surface area (Å²) in [6.07, 6.45) is 0.951. The van der Waals surface area contributed by atoms with Gasteiger partial charge in [0.05, 0.1) is 12.3 Å². The molecule has 2 rings (SSSR count). The smallest absolute Gasteiger partial charge is 0.234 e. The van der Waals surface area contributed by atoms with Crippen molar-refractivity contribution in [2.45, 2.75) is 25.2 Å². The van der Waals surface area contributed by atoms with Crippen LogP contribution in [0.25, 0.3) is 0 Å². The highest BCUT2D eigenvalue weighted by Crippen LogP contribution is 2.19. The molecule has 0 radical (unpaired) electrons. The number of carbonyl (C=O) groups is 2. The molecule has 0 spiro atoms. The number of piperazine rings is 1. The molecule has 0 saturated carbocycles. The number of thioether (sulfide) groups is 1. The standard InChI is InChI=1S/C18H27N3O2S/c1-3-8-19-17(22)13-20-9-11-21(12-10-20)18(23)14-24-16-6-4-15(2)5-7-16/h4-7H,3,8-14H2,1-2H3,(H,19,22). The van der Waals surface area contributed by atoms with Gasteiger partial charge in [0.1, 0.15) is 0 Å². The summed E-state index contributed by atoms with van der Waals surface area (Å²) in [4.78, 5) is 29.2. The Bertz CT molecular complexity index is 540. The van der Waals surface area contributed by atoms with Crippen molar-refractivity contribution < 1.29 is 9.59 Å². The van der Waals surface area contributed by atoms with Crippen LogP contribution in [0.4, 0.5) is 0 Å². The third kappa shape index (κ3) is 6.17. The number of hydrogen-bond acceptors (Lipinski definition) is 4. The summed E-state index contributed by atoms with van der Waals surface area (Å²) >= 11 is 1.58. The number of amides is 2. The maximum Gasteiger partial charge on any atom is 0.234 e. The van der Waals surface area contributed by atoms with Crippen LogP contribution >= 0.6 is 11.8 Å². The second-order valence-corrected chi connectivity index (χ2v) is 7.16. The Morgan fingerprint density at radius 2 is 1.79 bits per heavy atom. The van der Waals surface area contributed by atoms with E-state index in [0.29, 0.717) is 25.4 Å². The monoisotopic (exact) mass is 349 g/mol. The lowest BCUT2D eigenvalue weighted by atomic mass is 10.2. The van der Waals surface area contributed by atoms with E-state index < -0.39 is 0 Å². The van der Waals surface area contributed by atoms with Gasteiger partial charge in [-0.1, -0.05) is 24.6 Å². The van der Waals surface area contributed by atoms with Crippen molar-refractivity contribution in [1.29, 1.82) is 0 Å². The van der Waals surface area contributed by atoms with Gasteiger partial charge in [-0.05, 0) is 25.5 Å². The van der Waals surface area contributed by atoms with E-state index in [1.54, 1.807) is 11.8 Å². The molecule has 1 heterocycles. The van der Waals surface area contributed by atoms with Crippen molar-refractivity contribution in [1.82, 2.24) is 15.1 Å². The Morgan fingerprint density at radius 3 is 2.42 bits per heavy atom. The van der Waals surface area contributed by atoms with Gasteiger partial charge in [-0.2, -0.15) is 0 Å². The number of nitrogens with one attached hydrogen (secondary N) is 1. The largest absolute Gasteiger partial charge is 0.355 e. The number of hydrogen-bond donors (Lipinski definition) is 1. The molecule has 6 heteroatoms. The molecule has 1 saturated heterocycles. The van der Waals surface area contributed by atoms with Crippen molar-refractivity contribution in [2.24, 2.45) is 0 Å². The fraction of sp³-hybridized carbons (Fsp3) is 0.556. The van der Waals surface area contributed by atoms with E-state index in [1.807, 2.05) is 11.8 Å². The van der Waals surface area contributed by atoms with Crippen molar-refractivity contribution in [3.05, 3.63) is 29.8 Å². The van der Waals surface area contributed by atoms with E-state index in [4.69, 9.17) is 0 Å². The highest BCUT2D eigenvalue weighted by Gasteiger charge is 2.22. The molecule has 0 aromatic heterocycles. The predicted molar refractivity (Wildman–Crippen MR) is 98.2 cm³/mol. The van der Waals surface area contributed by atoms with Crippen LogP contribution in [0.5, 0.6) is 0 Å². The molecular formula is C18H27N3O2S.